The molecule has 0 unspecified atom stereocenters. The first kappa shape index (κ1) is 11.5. The van der Waals surface area contributed by atoms with Crippen molar-refractivity contribution in [3.05, 3.63) is 30.3 Å². The Morgan fingerprint density at radius 3 is 2.44 bits per heavy atom. The molecule has 2 rings (SSSR count). The number of anilines is 1. The minimum Gasteiger partial charge on any atom is -0.372 e. The van der Waals surface area contributed by atoms with E-state index in [-0.39, 0.29) is 0 Å². The van der Waals surface area contributed by atoms with Crippen molar-refractivity contribution < 1.29 is 0 Å². The van der Waals surface area contributed by atoms with Crippen LogP contribution in [0.3, 0.4) is 0 Å². The van der Waals surface area contributed by atoms with Gasteiger partial charge < -0.3 is 4.90 Å². The maximum atomic E-state index is 2.53. The molecular weight excluding hydrogens is 194 g/mol. The molecule has 0 bridgehead atoms. The highest BCUT2D eigenvalue weighted by Crippen LogP contribution is 2.25. The summed E-state index contributed by atoms with van der Waals surface area (Å²) in [4.78, 5) is 2.53. The normalized spacial score (nSPS) is 17.7. The van der Waals surface area contributed by atoms with Crippen LogP contribution in [0.25, 0.3) is 0 Å². The molecule has 1 aliphatic rings. The number of hydrogen-bond acceptors (Lipinski definition) is 1. The van der Waals surface area contributed by atoms with E-state index >= 15 is 0 Å². The van der Waals surface area contributed by atoms with Crippen molar-refractivity contribution in [2.24, 2.45) is 5.92 Å². The van der Waals surface area contributed by atoms with E-state index in [0.29, 0.717) is 0 Å². The van der Waals surface area contributed by atoms with E-state index < -0.39 is 0 Å². The Hall–Kier alpha value is -0.980. The van der Waals surface area contributed by atoms with Crippen LogP contribution >= 0.6 is 0 Å². The van der Waals surface area contributed by atoms with Gasteiger partial charge in [-0.1, -0.05) is 44.4 Å². The Labute approximate surface area is 99.5 Å². The molecule has 88 valence electrons. The van der Waals surface area contributed by atoms with Crippen molar-refractivity contribution in [2.75, 3.05) is 18.0 Å². The molecule has 1 nitrogen and oxygen atoms in total. The topological polar surface area (TPSA) is 3.24 Å². The summed E-state index contributed by atoms with van der Waals surface area (Å²) in [6.07, 6.45) is 6.97. The first-order chi connectivity index (χ1) is 7.90. The van der Waals surface area contributed by atoms with Gasteiger partial charge in [0.25, 0.3) is 0 Å². The summed E-state index contributed by atoms with van der Waals surface area (Å²) in [5.41, 5.74) is 1.40. The van der Waals surface area contributed by atoms with Gasteiger partial charge in [-0.2, -0.15) is 0 Å². The molecule has 16 heavy (non-hydrogen) atoms. The third-order valence-corrected chi connectivity index (χ3v) is 3.70. The number of hydrogen-bond donors (Lipinski definition) is 0. The number of piperidine rings is 1. The molecule has 0 atom stereocenters. The van der Waals surface area contributed by atoms with Crippen LogP contribution in [-0.4, -0.2) is 13.1 Å². The van der Waals surface area contributed by atoms with Gasteiger partial charge in [-0.05, 0) is 30.9 Å². The predicted octanol–water partition coefficient (Wildman–Crippen LogP) is 4.09. The Kier molecular flexibility index (Phi) is 4.26. The van der Waals surface area contributed by atoms with Gasteiger partial charge in [0.1, 0.15) is 0 Å². The van der Waals surface area contributed by atoms with Gasteiger partial charge in [0.15, 0.2) is 0 Å². The van der Waals surface area contributed by atoms with Crippen LogP contribution in [0.2, 0.25) is 0 Å². The second-order valence-corrected chi connectivity index (χ2v) is 4.91. The van der Waals surface area contributed by atoms with Crippen molar-refractivity contribution in [3.63, 3.8) is 0 Å². The fourth-order valence-electron chi connectivity index (χ4n) is 2.61. The van der Waals surface area contributed by atoms with Crippen LogP contribution < -0.4 is 4.90 Å². The molecule has 0 N–H and O–H groups in total. The van der Waals surface area contributed by atoms with Crippen molar-refractivity contribution in [2.45, 2.75) is 39.0 Å². The van der Waals surface area contributed by atoms with Gasteiger partial charge in [0.2, 0.25) is 0 Å². The molecule has 0 amide bonds. The van der Waals surface area contributed by atoms with E-state index in [4.69, 9.17) is 0 Å². The smallest absolute Gasteiger partial charge is 0.0366 e. The van der Waals surface area contributed by atoms with Gasteiger partial charge in [0, 0.05) is 18.8 Å². The molecule has 1 aromatic carbocycles. The summed E-state index contributed by atoms with van der Waals surface area (Å²) in [6, 6.07) is 10.8. The molecule has 1 aliphatic heterocycles. The zero-order valence-electron chi connectivity index (χ0n) is 10.4. The second kappa shape index (κ2) is 5.93. The van der Waals surface area contributed by atoms with E-state index in [1.165, 1.54) is 50.9 Å². The van der Waals surface area contributed by atoms with Gasteiger partial charge in [-0.15, -0.1) is 0 Å². The summed E-state index contributed by atoms with van der Waals surface area (Å²) < 4.78 is 0. The van der Waals surface area contributed by atoms with Gasteiger partial charge in [-0.3, -0.25) is 0 Å². The Morgan fingerprint density at radius 1 is 1.12 bits per heavy atom. The minimum atomic E-state index is 0.986. The molecular formula is C15H23N. The van der Waals surface area contributed by atoms with Crippen LogP contribution in [0.4, 0.5) is 5.69 Å². The van der Waals surface area contributed by atoms with Gasteiger partial charge in [-0.25, -0.2) is 0 Å². The summed E-state index contributed by atoms with van der Waals surface area (Å²) in [5, 5.41) is 0. The lowest BCUT2D eigenvalue weighted by Crippen LogP contribution is -2.33. The van der Waals surface area contributed by atoms with E-state index in [0.717, 1.165) is 5.92 Å². The number of unbranched alkanes of at least 4 members (excludes halogenated alkanes) is 1. The van der Waals surface area contributed by atoms with Crippen molar-refractivity contribution >= 4 is 5.69 Å². The number of nitrogens with zero attached hydrogens (tertiary/aromatic N) is 1. The van der Waals surface area contributed by atoms with E-state index in [1.54, 1.807) is 0 Å². The minimum absolute atomic E-state index is 0.986. The van der Waals surface area contributed by atoms with E-state index in [1.807, 2.05) is 0 Å². The van der Waals surface area contributed by atoms with E-state index in [2.05, 4.69) is 42.2 Å². The maximum Gasteiger partial charge on any atom is 0.0366 e. The number of rotatable bonds is 4. The molecule has 0 aliphatic carbocycles. The quantitative estimate of drug-likeness (QED) is 0.734. The third kappa shape index (κ3) is 3.01. The molecule has 0 aromatic heterocycles. The molecule has 1 heterocycles. The molecule has 1 fully saturated rings. The average molecular weight is 217 g/mol. The fourth-order valence-corrected chi connectivity index (χ4v) is 2.61. The van der Waals surface area contributed by atoms with Crippen molar-refractivity contribution in [3.8, 4) is 0 Å². The maximum absolute atomic E-state index is 2.53. The fraction of sp³-hybridized carbons (Fsp3) is 0.600. The highest BCUT2D eigenvalue weighted by Gasteiger charge is 2.18. The van der Waals surface area contributed by atoms with Crippen LogP contribution in [0, 0.1) is 5.92 Å². The Morgan fingerprint density at radius 2 is 1.81 bits per heavy atom. The standard InChI is InChI=1S/C15H23N/c1-2-3-7-14-10-12-16(13-11-14)15-8-5-4-6-9-15/h4-6,8-9,14H,2-3,7,10-13H2,1H3. The zero-order chi connectivity index (χ0) is 11.2. The first-order valence-electron chi connectivity index (χ1n) is 6.70. The van der Waals surface area contributed by atoms with Crippen LogP contribution in [-0.2, 0) is 0 Å². The SMILES string of the molecule is CCCCC1CCN(c2ccccc2)CC1. The molecule has 0 radical (unpaired) electrons. The molecule has 0 spiro atoms. The molecule has 1 aromatic rings. The van der Waals surface area contributed by atoms with Gasteiger partial charge in [0.05, 0.1) is 0 Å². The van der Waals surface area contributed by atoms with Crippen LogP contribution in [0.1, 0.15) is 39.0 Å². The first-order valence-corrected chi connectivity index (χ1v) is 6.70. The molecule has 1 saturated heterocycles. The highest BCUT2D eigenvalue weighted by atomic mass is 15.1. The van der Waals surface area contributed by atoms with Gasteiger partial charge >= 0.3 is 0 Å². The Bertz CT molecular complexity index is 286. The van der Waals surface area contributed by atoms with Crippen molar-refractivity contribution in [1.82, 2.24) is 0 Å². The summed E-state index contributed by atoms with van der Waals surface area (Å²) >= 11 is 0. The van der Waals surface area contributed by atoms with Crippen LogP contribution in [0.5, 0.6) is 0 Å². The average Bonchev–Trinajstić information content (AvgIpc) is 2.38. The summed E-state index contributed by atoms with van der Waals surface area (Å²) in [6.45, 7) is 4.79. The summed E-state index contributed by atoms with van der Waals surface area (Å²) in [7, 11) is 0. The van der Waals surface area contributed by atoms with Crippen LogP contribution in [0.15, 0.2) is 30.3 Å². The highest BCUT2D eigenvalue weighted by molar-refractivity contribution is 5.46. The van der Waals surface area contributed by atoms with E-state index in [9.17, 15) is 0 Å². The second-order valence-electron chi connectivity index (χ2n) is 4.91. The summed E-state index contributed by atoms with van der Waals surface area (Å²) in [5.74, 6) is 0.986. The number of benzene rings is 1. The number of para-hydroxylation sites is 1. The lowest BCUT2D eigenvalue weighted by molar-refractivity contribution is 0.371. The zero-order valence-corrected chi connectivity index (χ0v) is 10.4. The Balaban J connectivity index is 1.81. The molecule has 0 saturated carbocycles. The lowest BCUT2D eigenvalue weighted by Gasteiger charge is -2.33. The monoisotopic (exact) mass is 217 g/mol. The predicted molar refractivity (Wildman–Crippen MR) is 70.9 cm³/mol. The van der Waals surface area contributed by atoms with Crippen molar-refractivity contribution in [1.29, 1.82) is 0 Å². The lowest BCUT2D eigenvalue weighted by atomic mass is 9.91. The largest absolute Gasteiger partial charge is 0.372 e. The molecule has 1 heteroatoms. The third-order valence-electron chi connectivity index (χ3n) is 3.70.